The minimum absolute atomic E-state index is 0.0898. The van der Waals surface area contributed by atoms with Gasteiger partial charge in [-0.1, -0.05) is 12.7 Å². The summed E-state index contributed by atoms with van der Waals surface area (Å²) >= 11 is 0. The van der Waals surface area contributed by atoms with Crippen molar-refractivity contribution >= 4 is 11.9 Å². The molecule has 1 heterocycles. The van der Waals surface area contributed by atoms with Crippen molar-refractivity contribution < 1.29 is 19.1 Å². The smallest absolute Gasteiger partial charge is 0.330 e. The Morgan fingerprint density at radius 1 is 1.73 bits per heavy atom. The molecule has 4 nitrogen and oxygen atoms in total. The van der Waals surface area contributed by atoms with Crippen molar-refractivity contribution in [2.75, 3.05) is 6.61 Å². The van der Waals surface area contributed by atoms with E-state index in [1.165, 1.54) is 0 Å². The van der Waals surface area contributed by atoms with Crippen LogP contribution in [0.15, 0.2) is 24.8 Å². The van der Waals surface area contributed by atoms with Crippen molar-refractivity contribution in [3.63, 3.8) is 0 Å². The van der Waals surface area contributed by atoms with Crippen LogP contribution in [0, 0.1) is 11.8 Å². The van der Waals surface area contributed by atoms with E-state index in [4.69, 9.17) is 9.47 Å². The molecule has 1 aliphatic heterocycles. The molecule has 2 aliphatic rings. The van der Waals surface area contributed by atoms with E-state index in [2.05, 4.69) is 6.58 Å². The summed E-state index contributed by atoms with van der Waals surface area (Å²) in [6.45, 7) is 3.38. The average molecular weight is 208 g/mol. The molecular weight excluding hydrogens is 196 g/mol. The fraction of sp³-hybridized carbons (Fsp3) is 0.455. The second-order valence-corrected chi connectivity index (χ2v) is 3.67. The van der Waals surface area contributed by atoms with Crippen LogP contribution >= 0.6 is 0 Å². The SMILES string of the molecule is C=CC(=O)OCC1C(=O)OC2C=CCC21. The maximum Gasteiger partial charge on any atom is 0.330 e. The molecule has 2 rings (SSSR count). The zero-order valence-corrected chi connectivity index (χ0v) is 8.22. The Balaban J connectivity index is 1.94. The molecule has 1 fully saturated rings. The molecule has 0 aromatic rings. The van der Waals surface area contributed by atoms with Gasteiger partial charge in [-0.05, 0) is 12.5 Å². The summed E-state index contributed by atoms with van der Waals surface area (Å²) in [5, 5.41) is 0. The summed E-state index contributed by atoms with van der Waals surface area (Å²) in [5.41, 5.74) is 0. The van der Waals surface area contributed by atoms with Crippen LogP contribution in [-0.2, 0) is 19.1 Å². The van der Waals surface area contributed by atoms with Gasteiger partial charge in [-0.2, -0.15) is 0 Å². The fourth-order valence-corrected chi connectivity index (χ4v) is 1.99. The van der Waals surface area contributed by atoms with Gasteiger partial charge in [0.2, 0.25) is 0 Å². The quantitative estimate of drug-likeness (QED) is 0.391. The number of esters is 2. The average Bonchev–Trinajstić information content (AvgIpc) is 2.75. The first-order valence-corrected chi connectivity index (χ1v) is 4.88. The molecule has 0 amide bonds. The number of carbonyl (C=O) groups is 2. The lowest BCUT2D eigenvalue weighted by Gasteiger charge is -2.12. The normalized spacial score (nSPS) is 32.3. The van der Waals surface area contributed by atoms with Gasteiger partial charge >= 0.3 is 11.9 Å². The lowest BCUT2D eigenvalue weighted by Crippen LogP contribution is -2.23. The van der Waals surface area contributed by atoms with Crippen LogP contribution in [0.25, 0.3) is 0 Å². The largest absolute Gasteiger partial charge is 0.462 e. The zero-order chi connectivity index (χ0) is 10.8. The number of hydrogen-bond donors (Lipinski definition) is 0. The minimum atomic E-state index is -0.503. The van der Waals surface area contributed by atoms with Gasteiger partial charge in [0.1, 0.15) is 12.7 Å². The molecule has 4 heteroatoms. The predicted molar refractivity (Wildman–Crippen MR) is 51.8 cm³/mol. The molecule has 3 unspecified atom stereocenters. The van der Waals surface area contributed by atoms with Gasteiger partial charge in [0.05, 0.1) is 5.92 Å². The molecule has 0 N–H and O–H groups in total. The third kappa shape index (κ3) is 1.79. The van der Waals surface area contributed by atoms with Gasteiger partial charge in [0.25, 0.3) is 0 Å². The van der Waals surface area contributed by atoms with E-state index in [9.17, 15) is 9.59 Å². The highest BCUT2D eigenvalue weighted by Gasteiger charge is 2.45. The highest BCUT2D eigenvalue weighted by atomic mass is 16.6. The monoisotopic (exact) mass is 208 g/mol. The highest BCUT2D eigenvalue weighted by Crippen LogP contribution is 2.36. The van der Waals surface area contributed by atoms with E-state index in [0.29, 0.717) is 0 Å². The van der Waals surface area contributed by atoms with Gasteiger partial charge in [0, 0.05) is 12.0 Å². The van der Waals surface area contributed by atoms with Crippen LogP contribution < -0.4 is 0 Å². The predicted octanol–water partition coefficient (Wildman–Crippen LogP) is 0.833. The van der Waals surface area contributed by atoms with Crippen LogP contribution in [0.1, 0.15) is 6.42 Å². The fourth-order valence-electron chi connectivity index (χ4n) is 1.99. The van der Waals surface area contributed by atoms with Gasteiger partial charge < -0.3 is 9.47 Å². The van der Waals surface area contributed by atoms with E-state index in [1.54, 1.807) is 0 Å². The molecular formula is C11H12O4. The first-order chi connectivity index (χ1) is 7.22. The molecule has 0 radical (unpaired) electrons. The standard InChI is InChI=1S/C11H12O4/c1-2-10(12)14-6-8-7-4-3-5-9(7)15-11(8)13/h2-3,5,7-9H,1,4,6H2. The molecule has 1 saturated heterocycles. The first kappa shape index (κ1) is 9.96. The third-order valence-electron chi connectivity index (χ3n) is 2.80. The molecule has 0 saturated carbocycles. The number of carbonyl (C=O) groups excluding carboxylic acids is 2. The van der Waals surface area contributed by atoms with Crippen LogP contribution in [0.5, 0.6) is 0 Å². The summed E-state index contributed by atoms with van der Waals surface area (Å²) < 4.78 is 9.99. The Kier molecular flexibility index (Phi) is 2.58. The Bertz CT molecular complexity index is 331. The van der Waals surface area contributed by atoms with E-state index in [1.807, 2.05) is 12.2 Å². The Morgan fingerprint density at radius 3 is 3.27 bits per heavy atom. The zero-order valence-electron chi connectivity index (χ0n) is 8.22. The van der Waals surface area contributed by atoms with Crippen LogP contribution in [0.2, 0.25) is 0 Å². The Morgan fingerprint density at radius 2 is 2.53 bits per heavy atom. The second-order valence-electron chi connectivity index (χ2n) is 3.67. The molecule has 0 bridgehead atoms. The van der Waals surface area contributed by atoms with Gasteiger partial charge in [-0.25, -0.2) is 4.79 Å². The summed E-state index contributed by atoms with van der Waals surface area (Å²) in [4.78, 5) is 22.3. The minimum Gasteiger partial charge on any atom is -0.462 e. The van der Waals surface area contributed by atoms with E-state index >= 15 is 0 Å². The van der Waals surface area contributed by atoms with Crippen LogP contribution in [-0.4, -0.2) is 24.6 Å². The van der Waals surface area contributed by atoms with Gasteiger partial charge in [0.15, 0.2) is 0 Å². The number of allylic oxidation sites excluding steroid dienone is 1. The number of hydrogen-bond acceptors (Lipinski definition) is 4. The lowest BCUT2D eigenvalue weighted by molar-refractivity contribution is -0.147. The van der Waals surface area contributed by atoms with E-state index in [-0.39, 0.29) is 30.5 Å². The van der Waals surface area contributed by atoms with Crippen LogP contribution in [0.4, 0.5) is 0 Å². The van der Waals surface area contributed by atoms with Crippen molar-refractivity contribution in [1.82, 2.24) is 0 Å². The number of rotatable bonds is 3. The number of fused-ring (bicyclic) bond motifs is 1. The Labute approximate surface area is 87.5 Å². The van der Waals surface area contributed by atoms with Gasteiger partial charge in [-0.3, -0.25) is 4.79 Å². The summed E-state index contributed by atoms with van der Waals surface area (Å²) in [7, 11) is 0. The molecule has 0 spiro atoms. The van der Waals surface area contributed by atoms with Gasteiger partial charge in [-0.15, -0.1) is 0 Å². The van der Waals surface area contributed by atoms with Crippen molar-refractivity contribution in [1.29, 1.82) is 0 Å². The molecule has 0 aromatic heterocycles. The van der Waals surface area contributed by atoms with E-state index < -0.39 is 5.97 Å². The Hall–Kier alpha value is -1.58. The summed E-state index contributed by atoms with van der Waals surface area (Å²) in [6, 6.07) is 0. The van der Waals surface area contributed by atoms with E-state index in [0.717, 1.165) is 12.5 Å². The molecule has 3 atom stereocenters. The van der Waals surface area contributed by atoms with Crippen molar-refractivity contribution in [2.45, 2.75) is 12.5 Å². The molecule has 15 heavy (non-hydrogen) atoms. The van der Waals surface area contributed by atoms with Crippen molar-refractivity contribution in [3.8, 4) is 0 Å². The maximum absolute atomic E-state index is 11.4. The molecule has 1 aliphatic carbocycles. The van der Waals surface area contributed by atoms with Crippen LogP contribution in [0.3, 0.4) is 0 Å². The molecule has 0 aromatic carbocycles. The summed E-state index contributed by atoms with van der Waals surface area (Å²) in [5.74, 6) is -0.965. The molecule has 80 valence electrons. The second kappa shape index (κ2) is 3.88. The first-order valence-electron chi connectivity index (χ1n) is 4.88. The summed E-state index contributed by atoms with van der Waals surface area (Å²) in [6.07, 6.45) is 5.66. The maximum atomic E-state index is 11.4. The lowest BCUT2D eigenvalue weighted by atomic mass is 9.92. The number of ether oxygens (including phenoxy) is 2. The highest BCUT2D eigenvalue weighted by molar-refractivity contribution is 5.82. The van der Waals surface area contributed by atoms with Crippen molar-refractivity contribution in [2.24, 2.45) is 11.8 Å². The topological polar surface area (TPSA) is 52.6 Å². The third-order valence-corrected chi connectivity index (χ3v) is 2.80. The van der Waals surface area contributed by atoms with Crippen molar-refractivity contribution in [3.05, 3.63) is 24.8 Å².